The van der Waals surface area contributed by atoms with E-state index in [2.05, 4.69) is 10.3 Å². The van der Waals surface area contributed by atoms with E-state index in [1.165, 1.54) is 6.20 Å². The van der Waals surface area contributed by atoms with Gasteiger partial charge in [-0.1, -0.05) is 12.1 Å². The number of amides is 3. The van der Waals surface area contributed by atoms with Crippen molar-refractivity contribution in [2.45, 2.75) is 0 Å². The number of benzene rings is 1. The van der Waals surface area contributed by atoms with Crippen LogP contribution in [-0.2, 0) is 7.05 Å². The Morgan fingerprint density at radius 1 is 1.22 bits per heavy atom. The average molecular weight is 311 g/mol. The Balaban J connectivity index is 1.61. The molecule has 7 heteroatoms. The Kier molecular flexibility index (Phi) is 3.84. The van der Waals surface area contributed by atoms with Gasteiger partial charge >= 0.3 is 0 Å². The van der Waals surface area contributed by atoms with E-state index in [4.69, 9.17) is 0 Å². The number of hydrogen-bond donors (Lipinski definition) is 1. The van der Waals surface area contributed by atoms with Crippen LogP contribution in [0.25, 0.3) is 0 Å². The Labute approximate surface area is 132 Å². The van der Waals surface area contributed by atoms with Crippen LogP contribution >= 0.6 is 0 Å². The molecule has 1 aliphatic rings. The quantitative estimate of drug-likeness (QED) is 0.633. The van der Waals surface area contributed by atoms with Crippen LogP contribution in [0, 0.1) is 0 Å². The van der Waals surface area contributed by atoms with Gasteiger partial charge in [-0.3, -0.25) is 19.3 Å². The van der Waals surface area contributed by atoms with Crippen LogP contribution in [0.1, 0.15) is 31.2 Å². The molecule has 3 rings (SSSR count). The van der Waals surface area contributed by atoms with Crippen LogP contribution in [0.3, 0.4) is 0 Å². The van der Waals surface area contributed by atoms with Gasteiger partial charge in [0.2, 0.25) is 0 Å². The molecule has 2 aromatic rings. The summed E-state index contributed by atoms with van der Waals surface area (Å²) in [6.07, 6.45) is 4.84. The first-order valence-electron chi connectivity index (χ1n) is 7.12. The summed E-state index contributed by atoms with van der Waals surface area (Å²) < 4.78 is 1.71. The Hall–Kier alpha value is -3.09. The van der Waals surface area contributed by atoms with E-state index in [9.17, 15) is 14.4 Å². The van der Waals surface area contributed by atoms with Crippen LogP contribution in [0.2, 0.25) is 0 Å². The van der Waals surface area contributed by atoms with Gasteiger partial charge in [-0.15, -0.1) is 0 Å². The summed E-state index contributed by atoms with van der Waals surface area (Å²) in [6.45, 7) is 0.293. The maximum Gasteiger partial charge on any atom is 0.276 e. The maximum absolute atomic E-state index is 12.2. The summed E-state index contributed by atoms with van der Waals surface area (Å²) >= 11 is 0. The number of carbonyl (C=O) groups is 3. The molecule has 0 bridgehead atoms. The Bertz CT molecular complexity index is 768. The van der Waals surface area contributed by atoms with Crippen LogP contribution in [-0.4, -0.2) is 40.7 Å². The fourth-order valence-electron chi connectivity index (χ4n) is 2.42. The van der Waals surface area contributed by atoms with Crippen molar-refractivity contribution in [3.05, 3.63) is 59.7 Å². The van der Waals surface area contributed by atoms with Crippen LogP contribution in [0.15, 0.2) is 42.9 Å². The lowest BCUT2D eigenvalue weighted by atomic mass is 10.1. The number of aromatic nitrogens is 2. The van der Waals surface area contributed by atoms with Crippen LogP contribution in [0.5, 0.6) is 0 Å². The smallest absolute Gasteiger partial charge is 0.276 e. The highest BCUT2D eigenvalue weighted by Crippen LogP contribution is 2.21. The third-order valence-corrected chi connectivity index (χ3v) is 3.57. The van der Waals surface area contributed by atoms with Crippen molar-refractivity contribution < 1.29 is 19.0 Å². The lowest BCUT2D eigenvalue weighted by Gasteiger charge is -2.13. The molecule has 1 aliphatic heterocycles. The SMILES string of the molecule is C[n+]1ccnc(C(=O)NCCN2C(=O)c3ccccc3C2=O)c1. The Morgan fingerprint density at radius 2 is 1.87 bits per heavy atom. The topological polar surface area (TPSA) is 83.2 Å². The minimum Gasteiger partial charge on any atom is -0.349 e. The molecule has 2 heterocycles. The fourth-order valence-corrected chi connectivity index (χ4v) is 2.42. The molecule has 0 saturated heterocycles. The molecule has 0 radical (unpaired) electrons. The number of aryl methyl sites for hydroxylation is 1. The van der Waals surface area contributed by atoms with Crippen molar-refractivity contribution in [2.75, 3.05) is 13.1 Å². The van der Waals surface area contributed by atoms with E-state index in [1.807, 2.05) is 0 Å². The second-order valence-corrected chi connectivity index (χ2v) is 5.17. The summed E-state index contributed by atoms with van der Waals surface area (Å²) in [5.41, 5.74) is 1.08. The van der Waals surface area contributed by atoms with Gasteiger partial charge in [0.15, 0.2) is 18.1 Å². The van der Waals surface area contributed by atoms with Gasteiger partial charge in [0.1, 0.15) is 7.05 Å². The van der Waals surface area contributed by atoms with Crippen molar-refractivity contribution in [1.82, 2.24) is 15.2 Å². The van der Waals surface area contributed by atoms with E-state index in [0.717, 1.165) is 4.90 Å². The first-order valence-corrected chi connectivity index (χ1v) is 7.12. The highest BCUT2D eigenvalue weighted by molar-refractivity contribution is 6.21. The molecule has 7 nitrogen and oxygen atoms in total. The van der Waals surface area contributed by atoms with Gasteiger partial charge in [0.05, 0.1) is 17.3 Å². The van der Waals surface area contributed by atoms with Crippen molar-refractivity contribution in [1.29, 1.82) is 0 Å². The van der Waals surface area contributed by atoms with Gasteiger partial charge < -0.3 is 5.32 Å². The first-order chi connectivity index (χ1) is 11.1. The zero-order valence-corrected chi connectivity index (χ0v) is 12.5. The normalized spacial score (nSPS) is 13.2. The van der Waals surface area contributed by atoms with E-state index >= 15 is 0 Å². The molecule has 3 amide bonds. The van der Waals surface area contributed by atoms with E-state index in [0.29, 0.717) is 11.1 Å². The van der Waals surface area contributed by atoms with Gasteiger partial charge in [0, 0.05) is 13.1 Å². The summed E-state index contributed by atoms with van der Waals surface area (Å²) in [5, 5.41) is 2.66. The molecule has 1 aromatic carbocycles. The minimum atomic E-state index is -0.349. The van der Waals surface area contributed by atoms with Crippen molar-refractivity contribution in [2.24, 2.45) is 7.05 Å². The molecule has 0 atom stereocenters. The zero-order valence-electron chi connectivity index (χ0n) is 12.5. The zero-order chi connectivity index (χ0) is 16.4. The van der Waals surface area contributed by atoms with Gasteiger partial charge in [-0.25, -0.2) is 9.55 Å². The first kappa shape index (κ1) is 14.8. The molecule has 116 valence electrons. The summed E-state index contributed by atoms with van der Waals surface area (Å²) in [6, 6.07) is 6.69. The minimum absolute atomic E-state index is 0.122. The molecule has 0 fully saturated rings. The maximum atomic E-state index is 12.2. The van der Waals surface area contributed by atoms with Gasteiger partial charge in [-0.2, -0.15) is 0 Å². The molecule has 0 saturated carbocycles. The third kappa shape index (κ3) is 2.80. The number of carbonyl (C=O) groups excluding carboxylic acids is 3. The van der Waals surface area contributed by atoms with Crippen molar-refractivity contribution in [3.8, 4) is 0 Å². The second kappa shape index (κ2) is 5.96. The largest absolute Gasteiger partial charge is 0.349 e. The monoisotopic (exact) mass is 311 g/mol. The number of nitrogens with one attached hydrogen (secondary N) is 1. The predicted octanol–water partition coefficient (Wildman–Crippen LogP) is -0.0679. The second-order valence-electron chi connectivity index (χ2n) is 5.17. The number of hydrogen-bond acceptors (Lipinski definition) is 4. The van der Waals surface area contributed by atoms with Crippen LogP contribution in [0.4, 0.5) is 0 Å². The lowest BCUT2D eigenvalue weighted by Crippen LogP contribution is -2.39. The highest BCUT2D eigenvalue weighted by atomic mass is 16.2. The third-order valence-electron chi connectivity index (χ3n) is 3.57. The molecule has 0 spiro atoms. The Morgan fingerprint density at radius 3 is 2.48 bits per heavy atom. The highest BCUT2D eigenvalue weighted by Gasteiger charge is 2.34. The summed E-state index contributed by atoms with van der Waals surface area (Å²) in [5.74, 6) is -1.01. The average Bonchev–Trinajstić information content (AvgIpc) is 2.80. The molecule has 1 N–H and O–H groups in total. The predicted molar refractivity (Wildman–Crippen MR) is 79.6 cm³/mol. The molecular weight excluding hydrogens is 296 g/mol. The van der Waals surface area contributed by atoms with E-state index < -0.39 is 0 Å². The number of rotatable bonds is 4. The summed E-state index contributed by atoms with van der Waals surface area (Å²) in [7, 11) is 1.79. The number of fused-ring (bicyclic) bond motifs is 1. The number of imide groups is 1. The van der Waals surface area contributed by atoms with Gasteiger partial charge in [0.25, 0.3) is 17.7 Å². The lowest BCUT2D eigenvalue weighted by molar-refractivity contribution is -0.672. The molecule has 23 heavy (non-hydrogen) atoms. The molecule has 0 unspecified atom stereocenters. The summed E-state index contributed by atoms with van der Waals surface area (Å²) in [4.78, 5) is 41.4. The fraction of sp³-hybridized carbons (Fsp3) is 0.188. The molecular formula is C16H15N4O3+. The molecule has 0 aliphatic carbocycles. The van der Waals surface area contributed by atoms with Gasteiger partial charge in [-0.05, 0) is 12.1 Å². The van der Waals surface area contributed by atoms with Crippen molar-refractivity contribution >= 4 is 17.7 Å². The molecule has 1 aromatic heterocycles. The van der Waals surface area contributed by atoms with Crippen molar-refractivity contribution in [3.63, 3.8) is 0 Å². The van der Waals surface area contributed by atoms with Crippen LogP contribution < -0.4 is 9.88 Å². The van der Waals surface area contributed by atoms with E-state index in [1.54, 1.807) is 48.3 Å². The van der Waals surface area contributed by atoms with E-state index in [-0.39, 0.29) is 36.5 Å². The standard InChI is InChI=1S/C16H14N4O3/c1-19-8-6-17-13(10-19)14(21)18-7-9-20-15(22)11-4-2-3-5-12(11)16(20)23/h2-6,8,10H,7,9H2,1H3/p+1. The number of nitrogens with zero attached hydrogens (tertiary/aromatic N) is 3.